The van der Waals surface area contributed by atoms with E-state index in [4.69, 9.17) is 0 Å². The number of rotatable bonds is 7. The molecule has 0 fully saturated rings. The number of nitrogens with one attached hydrogen (secondary N) is 1. The maximum atomic E-state index is 13.8. The number of fused-ring (bicyclic) bond motifs is 1. The lowest BCUT2D eigenvalue weighted by atomic mass is 9.78. The first-order valence-corrected chi connectivity index (χ1v) is 11.8. The summed E-state index contributed by atoms with van der Waals surface area (Å²) in [6, 6.07) is 18.5. The first kappa shape index (κ1) is 26.2. The highest BCUT2D eigenvalue weighted by Crippen LogP contribution is 2.44. The predicted octanol–water partition coefficient (Wildman–Crippen LogP) is 5.08. The Morgan fingerprint density at radius 2 is 1.62 bits per heavy atom. The quantitative estimate of drug-likeness (QED) is 0.463. The summed E-state index contributed by atoms with van der Waals surface area (Å²) in [5.41, 5.74) is 2.95. The molecule has 2 atom stereocenters. The van der Waals surface area contributed by atoms with Gasteiger partial charge in [0.25, 0.3) is 5.91 Å². The number of hydrogen-bond acceptors (Lipinski definition) is 4. The Morgan fingerprint density at radius 3 is 2.22 bits per heavy atom. The fraction of sp³-hybridized carbons (Fsp3) is 0.286. The van der Waals surface area contributed by atoms with Gasteiger partial charge in [-0.3, -0.25) is 9.59 Å². The molecule has 0 aliphatic carbocycles. The lowest BCUT2D eigenvalue weighted by molar-refractivity contribution is -0.274. The number of carbonyl (C=O) groups is 2. The van der Waals surface area contributed by atoms with Crippen LogP contribution < -0.4 is 10.1 Å². The van der Waals surface area contributed by atoms with Gasteiger partial charge in [-0.2, -0.15) is 0 Å². The van der Waals surface area contributed by atoms with E-state index < -0.39 is 18.3 Å². The summed E-state index contributed by atoms with van der Waals surface area (Å²) >= 11 is 0. The molecule has 37 heavy (non-hydrogen) atoms. The Balaban J connectivity index is 1.79. The molecule has 2 N–H and O–H groups in total. The van der Waals surface area contributed by atoms with Crippen molar-refractivity contribution in [3.05, 3.63) is 101 Å². The van der Waals surface area contributed by atoms with Crippen LogP contribution in [0.1, 0.15) is 58.4 Å². The van der Waals surface area contributed by atoms with E-state index in [1.807, 2.05) is 13.8 Å². The Morgan fingerprint density at radius 1 is 1.00 bits per heavy atom. The second-order valence-electron chi connectivity index (χ2n) is 9.20. The summed E-state index contributed by atoms with van der Waals surface area (Å²) in [6.45, 7) is 3.60. The van der Waals surface area contributed by atoms with Crippen LogP contribution in [0.4, 0.5) is 13.2 Å². The summed E-state index contributed by atoms with van der Waals surface area (Å²) in [4.78, 5) is 28.9. The Labute approximate surface area is 212 Å². The van der Waals surface area contributed by atoms with E-state index >= 15 is 0 Å². The normalized spacial score (nSPS) is 17.5. The number of alkyl halides is 3. The van der Waals surface area contributed by atoms with E-state index in [1.165, 1.54) is 24.3 Å². The number of nitrogens with zero attached hydrogens (tertiary/aromatic N) is 1. The van der Waals surface area contributed by atoms with Crippen molar-refractivity contribution in [2.45, 2.75) is 51.4 Å². The summed E-state index contributed by atoms with van der Waals surface area (Å²) in [5.74, 6) is -1.64. The standard InChI is InChI=1S/C28H27F3N2O4/c1-17(2)32-26(35)24-22-5-3-4-6-23(22)27(36)33(25(24)20-11-7-19(16-34)8-12-20)15-18-9-13-21(14-10-18)37-28(29,30)31/h3-14,17,24-25,34H,15-16H2,1-2H3,(H,32,35)/t24-,25+/m1/s1. The molecule has 0 spiro atoms. The third-order valence-electron chi connectivity index (χ3n) is 6.17. The number of amides is 2. The molecular weight excluding hydrogens is 485 g/mol. The molecular formula is C28H27F3N2O4. The number of aliphatic hydroxyl groups is 1. The molecule has 6 nitrogen and oxygen atoms in total. The molecule has 1 aliphatic heterocycles. The van der Waals surface area contributed by atoms with Gasteiger partial charge in [0, 0.05) is 18.2 Å². The molecule has 4 rings (SSSR count). The second-order valence-corrected chi connectivity index (χ2v) is 9.20. The molecule has 0 unspecified atom stereocenters. The minimum absolute atomic E-state index is 0.0529. The summed E-state index contributed by atoms with van der Waals surface area (Å²) < 4.78 is 41.7. The average molecular weight is 513 g/mol. The van der Waals surface area contributed by atoms with Crippen LogP contribution in [0.3, 0.4) is 0 Å². The highest BCUT2D eigenvalue weighted by molar-refractivity contribution is 6.01. The van der Waals surface area contributed by atoms with Gasteiger partial charge in [0.15, 0.2) is 0 Å². The molecule has 2 amide bonds. The topological polar surface area (TPSA) is 78.9 Å². The van der Waals surface area contributed by atoms with Crippen LogP contribution in [0.25, 0.3) is 0 Å². The zero-order chi connectivity index (χ0) is 26.7. The minimum Gasteiger partial charge on any atom is -0.406 e. The van der Waals surface area contributed by atoms with Crippen molar-refractivity contribution in [3.8, 4) is 5.75 Å². The molecule has 194 valence electrons. The van der Waals surface area contributed by atoms with E-state index in [-0.39, 0.29) is 36.8 Å². The van der Waals surface area contributed by atoms with Crippen molar-refractivity contribution >= 4 is 11.8 Å². The lowest BCUT2D eigenvalue weighted by Crippen LogP contribution is -2.48. The second kappa shape index (κ2) is 10.6. The number of benzene rings is 3. The molecule has 0 aromatic heterocycles. The minimum atomic E-state index is -4.81. The van der Waals surface area contributed by atoms with Gasteiger partial charge in [0.05, 0.1) is 18.6 Å². The van der Waals surface area contributed by atoms with Crippen molar-refractivity contribution in [1.29, 1.82) is 0 Å². The molecule has 3 aromatic carbocycles. The third kappa shape index (κ3) is 5.94. The van der Waals surface area contributed by atoms with Crippen molar-refractivity contribution in [2.75, 3.05) is 0 Å². The van der Waals surface area contributed by atoms with Gasteiger partial charge in [-0.1, -0.05) is 54.6 Å². The van der Waals surface area contributed by atoms with Gasteiger partial charge in [0.1, 0.15) is 5.75 Å². The molecule has 1 heterocycles. The van der Waals surface area contributed by atoms with Crippen LogP contribution in [-0.4, -0.2) is 34.2 Å². The monoisotopic (exact) mass is 512 g/mol. The van der Waals surface area contributed by atoms with Crippen LogP contribution in [0, 0.1) is 0 Å². The maximum Gasteiger partial charge on any atom is 0.573 e. The SMILES string of the molecule is CC(C)NC(=O)[C@@H]1c2ccccc2C(=O)N(Cc2ccc(OC(F)(F)F)cc2)[C@H]1c1ccc(CO)cc1. The molecule has 0 saturated carbocycles. The molecule has 0 saturated heterocycles. The van der Waals surface area contributed by atoms with Crippen LogP contribution >= 0.6 is 0 Å². The van der Waals surface area contributed by atoms with Crippen LogP contribution in [-0.2, 0) is 17.9 Å². The Hall–Kier alpha value is -3.85. The number of aliphatic hydroxyl groups excluding tert-OH is 1. The Kier molecular flexibility index (Phi) is 7.54. The van der Waals surface area contributed by atoms with Crippen LogP contribution in [0.15, 0.2) is 72.8 Å². The molecule has 0 bridgehead atoms. The summed E-state index contributed by atoms with van der Waals surface area (Å²) in [5, 5.41) is 12.4. The number of ether oxygens (including phenoxy) is 1. The highest BCUT2D eigenvalue weighted by Gasteiger charge is 2.44. The Bertz CT molecular complexity index is 1260. The van der Waals surface area contributed by atoms with Crippen molar-refractivity contribution in [2.24, 2.45) is 0 Å². The van der Waals surface area contributed by atoms with E-state index in [9.17, 15) is 27.9 Å². The van der Waals surface area contributed by atoms with Gasteiger partial charge >= 0.3 is 6.36 Å². The predicted molar refractivity (Wildman–Crippen MR) is 131 cm³/mol. The number of hydrogen-bond donors (Lipinski definition) is 2. The lowest BCUT2D eigenvalue weighted by Gasteiger charge is -2.42. The number of halogens is 3. The third-order valence-corrected chi connectivity index (χ3v) is 6.17. The molecule has 0 radical (unpaired) electrons. The molecule has 3 aromatic rings. The van der Waals surface area contributed by atoms with E-state index in [0.29, 0.717) is 27.8 Å². The van der Waals surface area contributed by atoms with Crippen molar-refractivity contribution in [3.63, 3.8) is 0 Å². The van der Waals surface area contributed by atoms with Gasteiger partial charge in [-0.05, 0) is 54.3 Å². The van der Waals surface area contributed by atoms with Gasteiger partial charge in [-0.15, -0.1) is 13.2 Å². The fourth-order valence-corrected chi connectivity index (χ4v) is 4.61. The van der Waals surface area contributed by atoms with E-state index in [1.54, 1.807) is 53.4 Å². The average Bonchev–Trinajstić information content (AvgIpc) is 2.85. The zero-order valence-corrected chi connectivity index (χ0v) is 20.3. The van der Waals surface area contributed by atoms with Gasteiger partial charge in [0.2, 0.25) is 5.91 Å². The fourth-order valence-electron chi connectivity index (χ4n) is 4.61. The highest BCUT2D eigenvalue weighted by atomic mass is 19.4. The van der Waals surface area contributed by atoms with Gasteiger partial charge in [-0.25, -0.2) is 0 Å². The molecule has 9 heteroatoms. The first-order chi connectivity index (χ1) is 17.6. The summed E-state index contributed by atoms with van der Waals surface area (Å²) in [6.07, 6.45) is -4.81. The number of carbonyl (C=O) groups excluding carboxylic acids is 2. The maximum absolute atomic E-state index is 13.8. The van der Waals surface area contributed by atoms with Crippen LogP contribution in [0.2, 0.25) is 0 Å². The summed E-state index contributed by atoms with van der Waals surface area (Å²) in [7, 11) is 0. The van der Waals surface area contributed by atoms with Crippen LogP contribution in [0.5, 0.6) is 5.75 Å². The first-order valence-electron chi connectivity index (χ1n) is 11.8. The smallest absolute Gasteiger partial charge is 0.406 e. The van der Waals surface area contributed by atoms with E-state index in [2.05, 4.69) is 10.1 Å². The van der Waals surface area contributed by atoms with Crippen molar-refractivity contribution in [1.82, 2.24) is 10.2 Å². The van der Waals surface area contributed by atoms with Crippen molar-refractivity contribution < 1.29 is 32.6 Å². The zero-order valence-electron chi connectivity index (χ0n) is 20.3. The van der Waals surface area contributed by atoms with E-state index in [0.717, 1.165) is 0 Å². The molecule has 1 aliphatic rings. The van der Waals surface area contributed by atoms with Gasteiger partial charge < -0.3 is 20.1 Å². The largest absolute Gasteiger partial charge is 0.573 e.